The Morgan fingerprint density at radius 3 is 2.64 bits per heavy atom. The highest BCUT2D eigenvalue weighted by Gasteiger charge is 2.16. The van der Waals surface area contributed by atoms with Gasteiger partial charge in [0.25, 0.3) is 5.56 Å². The molecule has 0 aromatic carbocycles. The SMILES string of the molecule is CCCN1CCN(c2ccc(Nc3cc(Br)cn(C)c3=O)nc2)CC1. The van der Waals surface area contributed by atoms with Gasteiger partial charge in [-0.25, -0.2) is 4.98 Å². The van der Waals surface area contributed by atoms with Crippen molar-refractivity contribution in [3.05, 3.63) is 45.4 Å². The van der Waals surface area contributed by atoms with Crippen LogP contribution in [0.3, 0.4) is 0 Å². The van der Waals surface area contributed by atoms with Gasteiger partial charge in [0.1, 0.15) is 11.5 Å². The molecule has 1 saturated heterocycles. The van der Waals surface area contributed by atoms with Crippen LogP contribution >= 0.6 is 15.9 Å². The van der Waals surface area contributed by atoms with Crippen molar-refractivity contribution in [2.45, 2.75) is 13.3 Å². The Bertz CT molecular complexity index is 766. The zero-order valence-corrected chi connectivity index (χ0v) is 16.3. The number of anilines is 3. The maximum atomic E-state index is 12.2. The van der Waals surface area contributed by atoms with E-state index < -0.39 is 0 Å². The number of aromatic nitrogens is 2. The number of piperazine rings is 1. The lowest BCUT2D eigenvalue weighted by Crippen LogP contribution is -2.46. The molecule has 0 amide bonds. The fraction of sp³-hybridized carbons (Fsp3) is 0.444. The van der Waals surface area contributed by atoms with Crippen LogP contribution in [0, 0.1) is 0 Å². The lowest BCUT2D eigenvalue weighted by Gasteiger charge is -2.35. The first-order valence-corrected chi connectivity index (χ1v) is 9.42. The third-order valence-electron chi connectivity index (χ3n) is 4.44. The Balaban J connectivity index is 1.66. The van der Waals surface area contributed by atoms with Crippen LogP contribution in [0.2, 0.25) is 0 Å². The third-order valence-corrected chi connectivity index (χ3v) is 4.87. The highest BCUT2D eigenvalue weighted by atomic mass is 79.9. The van der Waals surface area contributed by atoms with Crippen LogP contribution in [-0.4, -0.2) is 47.2 Å². The van der Waals surface area contributed by atoms with Crippen molar-refractivity contribution in [3.63, 3.8) is 0 Å². The van der Waals surface area contributed by atoms with Gasteiger partial charge in [0, 0.05) is 43.9 Å². The minimum absolute atomic E-state index is 0.0823. The van der Waals surface area contributed by atoms with Gasteiger partial charge in [0.15, 0.2) is 0 Å². The second-order valence-corrected chi connectivity index (χ2v) is 7.26. The molecule has 3 heterocycles. The molecule has 0 atom stereocenters. The molecular formula is C18H24BrN5O. The van der Waals surface area contributed by atoms with Gasteiger partial charge in [-0.15, -0.1) is 0 Å². The predicted octanol–water partition coefficient (Wildman–Crippen LogP) is 2.82. The van der Waals surface area contributed by atoms with E-state index in [0.717, 1.165) is 36.3 Å². The Labute approximate surface area is 156 Å². The quantitative estimate of drug-likeness (QED) is 0.828. The number of halogens is 1. The normalized spacial score (nSPS) is 15.4. The first-order valence-electron chi connectivity index (χ1n) is 8.63. The summed E-state index contributed by atoms with van der Waals surface area (Å²) in [7, 11) is 1.73. The number of pyridine rings is 2. The molecule has 1 fully saturated rings. The summed E-state index contributed by atoms with van der Waals surface area (Å²) in [6.45, 7) is 7.66. The number of aryl methyl sites for hydroxylation is 1. The van der Waals surface area contributed by atoms with Gasteiger partial charge < -0.3 is 14.8 Å². The molecule has 134 valence electrons. The van der Waals surface area contributed by atoms with E-state index >= 15 is 0 Å². The molecule has 0 bridgehead atoms. The number of nitrogens with zero attached hydrogens (tertiary/aromatic N) is 4. The number of nitrogens with one attached hydrogen (secondary N) is 1. The average Bonchev–Trinajstić information content (AvgIpc) is 2.61. The zero-order valence-electron chi connectivity index (χ0n) is 14.7. The molecule has 2 aromatic rings. The zero-order chi connectivity index (χ0) is 17.8. The maximum absolute atomic E-state index is 12.2. The summed E-state index contributed by atoms with van der Waals surface area (Å²) in [6.07, 6.45) is 4.82. The van der Waals surface area contributed by atoms with Crippen LogP contribution in [-0.2, 0) is 7.05 Å². The Hall–Kier alpha value is -1.86. The highest BCUT2D eigenvalue weighted by molar-refractivity contribution is 9.10. The monoisotopic (exact) mass is 405 g/mol. The van der Waals surface area contributed by atoms with E-state index in [4.69, 9.17) is 0 Å². The molecule has 0 unspecified atom stereocenters. The summed E-state index contributed by atoms with van der Waals surface area (Å²) in [4.78, 5) is 21.5. The number of hydrogen-bond acceptors (Lipinski definition) is 5. The minimum Gasteiger partial charge on any atom is -0.368 e. The van der Waals surface area contributed by atoms with E-state index in [9.17, 15) is 4.79 Å². The van der Waals surface area contributed by atoms with E-state index in [-0.39, 0.29) is 5.56 Å². The molecule has 2 aromatic heterocycles. The van der Waals surface area contributed by atoms with Crippen molar-refractivity contribution in [1.29, 1.82) is 0 Å². The maximum Gasteiger partial charge on any atom is 0.274 e. The molecule has 0 radical (unpaired) electrons. The van der Waals surface area contributed by atoms with Crippen molar-refractivity contribution in [1.82, 2.24) is 14.5 Å². The summed E-state index contributed by atoms with van der Waals surface area (Å²) < 4.78 is 2.38. The van der Waals surface area contributed by atoms with Crippen molar-refractivity contribution < 1.29 is 0 Å². The highest BCUT2D eigenvalue weighted by Crippen LogP contribution is 2.20. The molecule has 25 heavy (non-hydrogen) atoms. The summed E-state index contributed by atoms with van der Waals surface area (Å²) >= 11 is 3.41. The van der Waals surface area contributed by atoms with E-state index in [1.807, 2.05) is 12.3 Å². The summed E-state index contributed by atoms with van der Waals surface area (Å²) in [5.41, 5.74) is 1.55. The third kappa shape index (κ3) is 4.41. The van der Waals surface area contributed by atoms with Crippen LogP contribution < -0.4 is 15.8 Å². The Kier molecular flexibility index (Phi) is 5.75. The van der Waals surface area contributed by atoms with Gasteiger partial charge in [0.2, 0.25) is 0 Å². The van der Waals surface area contributed by atoms with Crippen LogP contribution in [0.15, 0.2) is 39.9 Å². The van der Waals surface area contributed by atoms with Gasteiger partial charge in [-0.05, 0) is 47.1 Å². The molecule has 1 aliphatic rings. The molecule has 1 aliphatic heterocycles. The van der Waals surface area contributed by atoms with Crippen LogP contribution in [0.5, 0.6) is 0 Å². The molecule has 0 aliphatic carbocycles. The minimum atomic E-state index is -0.0823. The molecular weight excluding hydrogens is 382 g/mol. The topological polar surface area (TPSA) is 53.4 Å². The van der Waals surface area contributed by atoms with Crippen molar-refractivity contribution in [2.24, 2.45) is 7.05 Å². The lowest BCUT2D eigenvalue weighted by molar-refractivity contribution is 0.258. The van der Waals surface area contributed by atoms with Crippen molar-refractivity contribution in [3.8, 4) is 0 Å². The lowest BCUT2D eigenvalue weighted by atomic mass is 10.2. The number of rotatable bonds is 5. The largest absolute Gasteiger partial charge is 0.368 e. The molecule has 0 saturated carbocycles. The molecule has 1 N–H and O–H groups in total. The first kappa shape index (κ1) is 17.9. The van der Waals surface area contributed by atoms with Gasteiger partial charge in [0.05, 0.1) is 11.9 Å². The predicted molar refractivity (Wildman–Crippen MR) is 106 cm³/mol. The van der Waals surface area contributed by atoms with E-state index in [1.54, 1.807) is 19.3 Å². The van der Waals surface area contributed by atoms with E-state index in [0.29, 0.717) is 11.5 Å². The van der Waals surface area contributed by atoms with Gasteiger partial charge >= 0.3 is 0 Å². The fourth-order valence-corrected chi connectivity index (χ4v) is 3.63. The second-order valence-electron chi connectivity index (χ2n) is 6.34. The van der Waals surface area contributed by atoms with Crippen LogP contribution in [0.1, 0.15) is 13.3 Å². The second kappa shape index (κ2) is 8.01. The standard InChI is InChI=1S/C18H24BrN5O/c1-3-6-23-7-9-24(10-8-23)15-4-5-17(20-12-15)21-16-11-14(19)13-22(2)18(16)25/h4-5,11-13H,3,6-10H2,1-2H3,(H,20,21). The molecule has 7 heteroatoms. The summed E-state index contributed by atoms with van der Waals surface area (Å²) in [6, 6.07) is 5.76. The van der Waals surface area contributed by atoms with Gasteiger partial charge in [-0.1, -0.05) is 6.92 Å². The van der Waals surface area contributed by atoms with Crippen LogP contribution in [0.4, 0.5) is 17.2 Å². The average molecular weight is 406 g/mol. The molecule has 6 nitrogen and oxygen atoms in total. The van der Waals surface area contributed by atoms with E-state index in [1.165, 1.54) is 17.5 Å². The van der Waals surface area contributed by atoms with Gasteiger partial charge in [-0.2, -0.15) is 0 Å². The van der Waals surface area contributed by atoms with Gasteiger partial charge in [-0.3, -0.25) is 9.69 Å². The summed E-state index contributed by atoms with van der Waals surface area (Å²) in [5.74, 6) is 0.670. The molecule has 3 rings (SSSR count). The summed E-state index contributed by atoms with van der Waals surface area (Å²) in [5, 5.41) is 3.11. The smallest absolute Gasteiger partial charge is 0.274 e. The first-order chi connectivity index (χ1) is 12.1. The fourth-order valence-electron chi connectivity index (χ4n) is 3.09. The van der Waals surface area contributed by atoms with Crippen molar-refractivity contribution >= 4 is 33.1 Å². The van der Waals surface area contributed by atoms with Crippen LogP contribution in [0.25, 0.3) is 0 Å². The number of hydrogen-bond donors (Lipinski definition) is 1. The molecule has 0 spiro atoms. The van der Waals surface area contributed by atoms with E-state index in [2.05, 4.69) is 49.0 Å². The Morgan fingerprint density at radius 1 is 1.24 bits per heavy atom. The van der Waals surface area contributed by atoms with Crippen molar-refractivity contribution in [2.75, 3.05) is 42.9 Å². The Morgan fingerprint density at radius 2 is 2.00 bits per heavy atom.